The molecule has 24 heavy (non-hydrogen) atoms. The molecule has 3 N–H and O–H groups in total. The Hall–Kier alpha value is -1.54. The average molecular weight is 382 g/mol. The lowest BCUT2D eigenvalue weighted by Gasteiger charge is -2.07. The van der Waals surface area contributed by atoms with Crippen molar-refractivity contribution in [3.8, 4) is 5.75 Å². The van der Waals surface area contributed by atoms with E-state index in [1.807, 2.05) is 6.07 Å². The van der Waals surface area contributed by atoms with E-state index >= 15 is 0 Å². The van der Waals surface area contributed by atoms with Crippen LogP contribution >= 0.6 is 23.2 Å². The summed E-state index contributed by atoms with van der Waals surface area (Å²) in [5, 5.41) is 19.1. The molecule has 0 fully saturated rings. The summed E-state index contributed by atoms with van der Waals surface area (Å²) < 4.78 is 10.5. The van der Waals surface area contributed by atoms with Gasteiger partial charge in [-0.25, -0.2) is 9.59 Å². The van der Waals surface area contributed by atoms with Gasteiger partial charge in [-0.2, -0.15) is 0 Å². The van der Waals surface area contributed by atoms with E-state index in [2.05, 4.69) is 5.32 Å². The van der Waals surface area contributed by atoms with E-state index in [1.54, 1.807) is 19.2 Å². The fourth-order valence-electron chi connectivity index (χ4n) is 1.41. The van der Waals surface area contributed by atoms with Gasteiger partial charge in [0.1, 0.15) is 5.75 Å². The van der Waals surface area contributed by atoms with E-state index in [0.29, 0.717) is 16.7 Å². The van der Waals surface area contributed by atoms with Gasteiger partial charge in [0.25, 0.3) is 0 Å². The van der Waals surface area contributed by atoms with Gasteiger partial charge in [-0.3, -0.25) is 0 Å². The van der Waals surface area contributed by atoms with Crippen LogP contribution in [0.2, 0.25) is 10.0 Å². The third-order valence-corrected chi connectivity index (χ3v) is 3.31. The van der Waals surface area contributed by atoms with E-state index in [9.17, 15) is 0 Å². The monoisotopic (exact) mass is 381 g/mol. The lowest BCUT2D eigenvalue weighted by molar-refractivity contribution is -0.159. The number of carbonyl (C=O) groups is 2. The Labute approximate surface area is 150 Å². The highest BCUT2D eigenvalue weighted by atomic mass is 35.5. The molecular weight excluding hydrogens is 361 g/mol. The number of methoxy groups -OCH3 is 1. The van der Waals surface area contributed by atoms with E-state index < -0.39 is 11.9 Å². The number of benzene rings is 1. The Balaban J connectivity index is 0.000000754. The second kappa shape index (κ2) is 13.9. The Morgan fingerprint density at radius 1 is 1.04 bits per heavy atom. The van der Waals surface area contributed by atoms with Crippen molar-refractivity contribution < 1.29 is 29.3 Å². The zero-order valence-corrected chi connectivity index (χ0v) is 14.8. The smallest absolute Gasteiger partial charge is 0.414 e. The molecule has 0 spiro atoms. The summed E-state index contributed by atoms with van der Waals surface area (Å²) in [5.41, 5.74) is 0. The lowest BCUT2D eigenvalue weighted by atomic mass is 10.3. The number of unbranched alkanes of at least 4 members (excludes halogenated alkanes) is 1. The van der Waals surface area contributed by atoms with Crippen LogP contribution in [0.1, 0.15) is 12.8 Å². The maximum atomic E-state index is 9.10. The third-order valence-electron chi connectivity index (χ3n) is 2.57. The molecule has 0 bridgehead atoms. The van der Waals surface area contributed by atoms with Crippen molar-refractivity contribution >= 4 is 35.1 Å². The maximum absolute atomic E-state index is 9.10. The predicted octanol–water partition coefficient (Wildman–Crippen LogP) is 2.54. The molecule has 9 heteroatoms. The molecule has 0 unspecified atom stereocenters. The van der Waals surface area contributed by atoms with Crippen LogP contribution in [0.3, 0.4) is 0 Å². The van der Waals surface area contributed by atoms with Crippen LogP contribution in [0.4, 0.5) is 0 Å². The molecule has 7 nitrogen and oxygen atoms in total. The molecule has 1 rings (SSSR count). The fraction of sp³-hybridized carbons (Fsp3) is 0.467. The van der Waals surface area contributed by atoms with Gasteiger partial charge in [0.15, 0.2) is 0 Å². The summed E-state index contributed by atoms with van der Waals surface area (Å²) in [5.74, 6) is -2.89. The Kier molecular flexibility index (Phi) is 13.0. The van der Waals surface area contributed by atoms with Crippen LogP contribution < -0.4 is 10.1 Å². The van der Waals surface area contributed by atoms with Crippen molar-refractivity contribution in [2.45, 2.75) is 12.8 Å². The highest BCUT2D eigenvalue weighted by molar-refractivity contribution is 6.42. The fourth-order valence-corrected chi connectivity index (χ4v) is 1.70. The second-order valence-electron chi connectivity index (χ2n) is 4.48. The van der Waals surface area contributed by atoms with Crippen LogP contribution in [-0.4, -0.2) is 55.6 Å². The Morgan fingerprint density at radius 2 is 1.71 bits per heavy atom. The summed E-state index contributed by atoms with van der Waals surface area (Å²) in [4.78, 5) is 18.2. The summed E-state index contributed by atoms with van der Waals surface area (Å²) in [6.45, 7) is 3.31. The van der Waals surface area contributed by atoms with Gasteiger partial charge < -0.3 is 25.0 Å². The molecule has 0 aromatic heterocycles. The minimum absolute atomic E-state index is 0.524. The number of halogens is 2. The summed E-state index contributed by atoms with van der Waals surface area (Å²) in [6, 6.07) is 5.30. The molecule has 0 heterocycles. The zero-order valence-electron chi connectivity index (χ0n) is 13.3. The molecule has 0 radical (unpaired) electrons. The van der Waals surface area contributed by atoms with Gasteiger partial charge in [-0.1, -0.05) is 23.2 Å². The molecule has 1 aromatic carbocycles. The highest BCUT2D eigenvalue weighted by Gasteiger charge is 2.04. The van der Waals surface area contributed by atoms with Crippen molar-refractivity contribution in [1.29, 1.82) is 0 Å². The lowest BCUT2D eigenvalue weighted by Crippen LogP contribution is -2.20. The minimum atomic E-state index is -1.82. The first-order valence-electron chi connectivity index (χ1n) is 7.12. The molecule has 0 aliphatic carbocycles. The van der Waals surface area contributed by atoms with Crippen LogP contribution in [-0.2, 0) is 14.3 Å². The molecule has 0 saturated carbocycles. The average Bonchev–Trinajstić information content (AvgIpc) is 2.54. The van der Waals surface area contributed by atoms with Crippen LogP contribution in [0.25, 0.3) is 0 Å². The van der Waals surface area contributed by atoms with Gasteiger partial charge in [-0.15, -0.1) is 0 Å². The first kappa shape index (κ1) is 22.5. The van der Waals surface area contributed by atoms with Gasteiger partial charge in [0.05, 0.1) is 23.3 Å². The summed E-state index contributed by atoms with van der Waals surface area (Å²) >= 11 is 11.7. The van der Waals surface area contributed by atoms with Crippen molar-refractivity contribution in [1.82, 2.24) is 5.32 Å². The largest absolute Gasteiger partial charge is 0.494 e. The highest BCUT2D eigenvalue weighted by Crippen LogP contribution is 2.26. The van der Waals surface area contributed by atoms with Gasteiger partial charge in [-0.05, 0) is 31.5 Å². The van der Waals surface area contributed by atoms with E-state index in [0.717, 1.165) is 38.3 Å². The quantitative estimate of drug-likeness (QED) is 0.445. The van der Waals surface area contributed by atoms with Gasteiger partial charge in [0, 0.05) is 19.7 Å². The number of carboxylic acids is 2. The number of carboxylic acid groups (broad SMARTS) is 2. The number of nitrogens with one attached hydrogen (secondary N) is 1. The maximum Gasteiger partial charge on any atom is 0.414 e. The minimum Gasteiger partial charge on any atom is -0.494 e. The Morgan fingerprint density at radius 3 is 2.25 bits per heavy atom. The van der Waals surface area contributed by atoms with Gasteiger partial charge in [0.2, 0.25) is 0 Å². The summed E-state index contributed by atoms with van der Waals surface area (Å²) in [7, 11) is 1.70. The second-order valence-corrected chi connectivity index (χ2v) is 5.30. The first-order chi connectivity index (χ1) is 11.4. The molecular formula is C15H21Cl2NO6. The Bertz CT molecular complexity index is 501. The molecule has 136 valence electrons. The van der Waals surface area contributed by atoms with Crippen LogP contribution in [0, 0.1) is 0 Å². The number of ether oxygens (including phenoxy) is 2. The van der Waals surface area contributed by atoms with Crippen LogP contribution in [0.5, 0.6) is 5.75 Å². The van der Waals surface area contributed by atoms with Crippen molar-refractivity contribution in [3.63, 3.8) is 0 Å². The predicted molar refractivity (Wildman–Crippen MR) is 91.2 cm³/mol. The standard InChI is InChI=1S/C13H19Cl2NO2.C2H2O4/c1-17-9-7-16-6-2-3-8-18-11-4-5-12(14)13(15)10-11;3-1(4)2(5)6/h4-5,10,16H,2-3,6-9H2,1H3;(H,3,4)(H,5,6). The summed E-state index contributed by atoms with van der Waals surface area (Å²) in [6.07, 6.45) is 2.07. The van der Waals surface area contributed by atoms with E-state index in [-0.39, 0.29) is 0 Å². The van der Waals surface area contributed by atoms with Gasteiger partial charge >= 0.3 is 11.9 Å². The molecule has 0 aliphatic rings. The topological polar surface area (TPSA) is 105 Å². The molecule has 0 aliphatic heterocycles. The van der Waals surface area contributed by atoms with Crippen molar-refractivity contribution in [3.05, 3.63) is 28.2 Å². The number of hydrogen-bond acceptors (Lipinski definition) is 5. The molecule has 0 saturated heterocycles. The number of rotatable bonds is 9. The van der Waals surface area contributed by atoms with Crippen molar-refractivity contribution in [2.24, 2.45) is 0 Å². The van der Waals surface area contributed by atoms with Crippen LogP contribution in [0.15, 0.2) is 18.2 Å². The first-order valence-corrected chi connectivity index (χ1v) is 7.87. The zero-order chi connectivity index (χ0) is 18.4. The number of aliphatic carboxylic acids is 2. The number of hydrogen-bond donors (Lipinski definition) is 3. The SMILES string of the molecule is COCCNCCCCOc1ccc(Cl)c(Cl)c1.O=C(O)C(=O)O. The normalized spacial score (nSPS) is 9.79. The third kappa shape index (κ3) is 12.0. The molecule has 0 amide bonds. The molecule has 0 atom stereocenters. The van der Waals surface area contributed by atoms with Crippen molar-refractivity contribution in [2.75, 3.05) is 33.4 Å². The van der Waals surface area contributed by atoms with E-state index in [1.165, 1.54) is 0 Å². The molecule has 1 aromatic rings. The van der Waals surface area contributed by atoms with E-state index in [4.69, 9.17) is 52.5 Å².